The number of benzene rings is 2. The van der Waals surface area contributed by atoms with Gasteiger partial charge in [0.15, 0.2) is 5.78 Å². The molecule has 0 bridgehead atoms. The molecule has 0 aromatic heterocycles. The molecule has 1 aliphatic carbocycles. The Morgan fingerprint density at radius 2 is 1.81 bits per heavy atom. The van der Waals surface area contributed by atoms with E-state index in [4.69, 9.17) is 4.74 Å². The van der Waals surface area contributed by atoms with Crippen LogP contribution in [0, 0.1) is 0 Å². The van der Waals surface area contributed by atoms with E-state index < -0.39 is 11.9 Å². The Morgan fingerprint density at radius 3 is 2.58 bits per heavy atom. The number of thioether (sulfide) groups is 1. The molecule has 31 heavy (non-hydrogen) atoms. The standard InChI is InChI=1S/C23H19NO6S/c1-29-21(26)12-20-24(19(25)13-31-20)9-4-10-30-23(28)14-7-8-16-15-5-2-3-6-17(15)22(27)18(16)11-14/h2-3,5-8,11-12H,4,9-10,13H2,1H3/b20-12+. The van der Waals surface area contributed by atoms with Crippen LogP contribution >= 0.6 is 11.8 Å². The van der Waals surface area contributed by atoms with Crippen molar-refractivity contribution in [1.82, 2.24) is 4.90 Å². The summed E-state index contributed by atoms with van der Waals surface area (Å²) < 4.78 is 9.93. The smallest absolute Gasteiger partial charge is 0.338 e. The van der Waals surface area contributed by atoms with E-state index >= 15 is 0 Å². The Labute approximate surface area is 183 Å². The summed E-state index contributed by atoms with van der Waals surface area (Å²) in [5.74, 6) is -1.01. The third-order valence-electron chi connectivity index (χ3n) is 5.07. The SMILES string of the molecule is COC(=O)/C=C1/SCC(=O)N1CCCOC(=O)c1ccc2c(c1)C(=O)c1ccccc1-2. The van der Waals surface area contributed by atoms with Crippen LogP contribution in [0.3, 0.4) is 0 Å². The van der Waals surface area contributed by atoms with Gasteiger partial charge in [-0.15, -0.1) is 0 Å². The van der Waals surface area contributed by atoms with Gasteiger partial charge in [-0.05, 0) is 29.7 Å². The predicted octanol–water partition coefficient (Wildman–Crippen LogP) is 3.03. The lowest BCUT2D eigenvalue weighted by molar-refractivity contribution is -0.134. The van der Waals surface area contributed by atoms with Crippen LogP contribution in [0.25, 0.3) is 11.1 Å². The Balaban J connectivity index is 1.35. The van der Waals surface area contributed by atoms with Crippen molar-refractivity contribution in [2.75, 3.05) is 26.0 Å². The summed E-state index contributed by atoms with van der Waals surface area (Å²) in [6.45, 7) is 0.421. The summed E-state index contributed by atoms with van der Waals surface area (Å²) in [4.78, 5) is 50.0. The number of esters is 2. The van der Waals surface area contributed by atoms with E-state index in [9.17, 15) is 19.2 Å². The number of amides is 1. The number of hydrogen-bond donors (Lipinski definition) is 0. The van der Waals surface area contributed by atoms with Crippen molar-refractivity contribution >= 4 is 35.4 Å². The average molecular weight is 437 g/mol. The normalized spacial score (nSPS) is 15.8. The molecule has 2 aromatic carbocycles. The maximum absolute atomic E-state index is 12.6. The molecule has 0 atom stereocenters. The number of fused-ring (bicyclic) bond motifs is 3. The van der Waals surface area contributed by atoms with E-state index in [-0.39, 0.29) is 24.1 Å². The van der Waals surface area contributed by atoms with E-state index in [0.29, 0.717) is 34.7 Å². The predicted molar refractivity (Wildman–Crippen MR) is 114 cm³/mol. The van der Waals surface area contributed by atoms with Crippen LogP contribution < -0.4 is 0 Å². The quantitative estimate of drug-likeness (QED) is 0.333. The van der Waals surface area contributed by atoms with Gasteiger partial charge in [-0.2, -0.15) is 0 Å². The minimum atomic E-state index is -0.529. The summed E-state index contributed by atoms with van der Waals surface area (Å²) in [5, 5.41) is 0.528. The van der Waals surface area contributed by atoms with Gasteiger partial charge in [0.25, 0.3) is 0 Å². The second-order valence-corrected chi connectivity index (χ2v) is 7.96. The average Bonchev–Trinajstić information content (AvgIpc) is 3.28. The second kappa shape index (κ2) is 8.77. The largest absolute Gasteiger partial charge is 0.466 e. The molecule has 0 radical (unpaired) electrons. The zero-order valence-corrected chi connectivity index (χ0v) is 17.6. The van der Waals surface area contributed by atoms with Crippen molar-refractivity contribution in [3.8, 4) is 11.1 Å². The monoisotopic (exact) mass is 437 g/mol. The summed E-state index contributed by atoms with van der Waals surface area (Å²) in [5.41, 5.74) is 3.11. The second-order valence-electron chi connectivity index (χ2n) is 6.96. The molecule has 1 aliphatic heterocycles. The maximum atomic E-state index is 12.6. The van der Waals surface area contributed by atoms with E-state index in [2.05, 4.69) is 4.74 Å². The lowest BCUT2D eigenvalue weighted by Gasteiger charge is -2.16. The highest BCUT2D eigenvalue weighted by Gasteiger charge is 2.28. The van der Waals surface area contributed by atoms with Gasteiger partial charge in [0, 0.05) is 17.7 Å². The Morgan fingerprint density at radius 1 is 1.06 bits per heavy atom. The van der Waals surface area contributed by atoms with Gasteiger partial charge in [0.2, 0.25) is 5.91 Å². The molecule has 4 rings (SSSR count). The molecule has 1 amide bonds. The number of nitrogens with zero attached hydrogens (tertiary/aromatic N) is 1. The zero-order chi connectivity index (χ0) is 22.0. The van der Waals surface area contributed by atoms with E-state index in [1.54, 1.807) is 24.3 Å². The van der Waals surface area contributed by atoms with Crippen molar-refractivity contribution in [3.63, 3.8) is 0 Å². The van der Waals surface area contributed by atoms with Gasteiger partial charge < -0.3 is 14.4 Å². The topological polar surface area (TPSA) is 90.0 Å². The highest BCUT2D eigenvalue weighted by Crippen LogP contribution is 2.36. The Kier molecular flexibility index (Phi) is 5.90. The fourth-order valence-electron chi connectivity index (χ4n) is 3.55. The summed E-state index contributed by atoms with van der Waals surface area (Å²) in [6, 6.07) is 12.3. The minimum Gasteiger partial charge on any atom is -0.466 e. The minimum absolute atomic E-state index is 0.101. The van der Waals surface area contributed by atoms with E-state index in [1.807, 2.05) is 18.2 Å². The van der Waals surface area contributed by atoms with Crippen LogP contribution in [0.15, 0.2) is 53.6 Å². The lowest BCUT2D eigenvalue weighted by atomic mass is 10.0. The van der Waals surface area contributed by atoms with Crippen LogP contribution in [0.5, 0.6) is 0 Å². The number of methoxy groups -OCH3 is 1. The Bertz CT molecular complexity index is 1120. The zero-order valence-electron chi connectivity index (χ0n) is 16.8. The molecule has 0 spiro atoms. The number of carbonyl (C=O) groups is 4. The molecular weight excluding hydrogens is 418 g/mol. The van der Waals surface area contributed by atoms with Gasteiger partial charge in [0.05, 0.1) is 36.1 Å². The van der Waals surface area contributed by atoms with Crippen LogP contribution in [0.4, 0.5) is 0 Å². The maximum Gasteiger partial charge on any atom is 0.338 e. The molecule has 0 unspecified atom stereocenters. The van der Waals surface area contributed by atoms with E-state index in [1.165, 1.54) is 29.8 Å². The molecule has 158 valence electrons. The fourth-order valence-corrected chi connectivity index (χ4v) is 4.51. The van der Waals surface area contributed by atoms with Crippen LogP contribution in [0.1, 0.15) is 32.7 Å². The summed E-state index contributed by atoms with van der Waals surface area (Å²) in [6.07, 6.45) is 1.69. The fraction of sp³-hybridized carbons (Fsp3) is 0.217. The molecular formula is C23H19NO6S. The van der Waals surface area contributed by atoms with Gasteiger partial charge >= 0.3 is 11.9 Å². The van der Waals surface area contributed by atoms with Crippen LogP contribution in [-0.2, 0) is 19.1 Å². The lowest BCUT2D eigenvalue weighted by Crippen LogP contribution is -2.27. The van der Waals surface area contributed by atoms with Crippen molar-refractivity contribution < 1.29 is 28.7 Å². The number of hydrogen-bond acceptors (Lipinski definition) is 7. The first kappa shape index (κ1) is 20.9. The van der Waals surface area contributed by atoms with Gasteiger partial charge in [-0.3, -0.25) is 9.59 Å². The van der Waals surface area contributed by atoms with Gasteiger partial charge in [-0.25, -0.2) is 9.59 Å². The van der Waals surface area contributed by atoms with E-state index in [0.717, 1.165) is 11.1 Å². The first-order valence-electron chi connectivity index (χ1n) is 9.67. The molecule has 7 nitrogen and oxygen atoms in total. The number of ketones is 1. The molecule has 1 saturated heterocycles. The number of ether oxygens (including phenoxy) is 2. The third kappa shape index (κ3) is 4.11. The molecule has 2 aliphatic rings. The van der Waals surface area contributed by atoms with Crippen molar-refractivity contribution in [3.05, 3.63) is 70.3 Å². The van der Waals surface area contributed by atoms with Crippen molar-refractivity contribution in [2.45, 2.75) is 6.42 Å². The number of rotatable bonds is 6. The summed E-state index contributed by atoms with van der Waals surface area (Å²) in [7, 11) is 1.27. The Hall–Kier alpha value is -3.39. The van der Waals surface area contributed by atoms with Crippen molar-refractivity contribution in [2.24, 2.45) is 0 Å². The first-order valence-corrected chi connectivity index (χ1v) is 10.7. The van der Waals surface area contributed by atoms with Gasteiger partial charge in [0.1, 0.15) is 0 Å². The number of carbonyl (C=O) groups excluding carboxylic acids is 4. The highest BCUT2D eigenvalue weighted by atomic mass is 32.2. The molecule has 0 saturated carbocycles. The molecule has 1 heterocycles. The van der Waals surface area contributed by atoms with Gasteiger partial charge in [-0.1, -0.05) is 42.1 Å². The molecule has 0 N–H and O–H groups in total. The highest BCUT2D eigenvalue weighted by molar-refractivity contribution is 8.04. The third-order valence-corrected chi connectivity index (χ3v) is 6.10. The summed E-state index contributed by atoms with van der Waals surface area (Å²) >= 11 is 1.27. The molecule has 8 heteroatoms. The van der Waals surface area contributed by atoms with Crippen LogP contribution in [0.2, 0.25) is 0 Å². The first-order chi connectivity index (χ1) is 15.0. The van der Waals surface area contributed by atoms with Crippen LogP contribution in [-0.4, -0.2) is 54.5 Å². The van der Waals surface area contributed by atoms with Crippen molar-refractivity contribution in [1.29, 1.82) is 0 Å². The molecule has 1 fully saturated rings. The molecule has 2 aromatic rings.